The molecule has 1 rings (SSSR count). The number of nitrogens with zero attached hydrogens (tertiary/aromatic N) is 1. The van der Waals surface area contributed by atoms with Crippen LogP contribution in [0.4, 0.5) is 0 Å². The zero-order valence-corrected chi connectivity index (χ0v) is 12.4. The van der Waals surface area contributed by atoms with Crippen LogP contribution in [-0.2, 0) is 0 Å². The van der Waals surface area contributed by atoms with Gasteiger partial charge in [0.1, 0.15) is 0 Å². The summed E-state index contributed by atoms with van der Waals surface area (Å²) < 4.78 is 0. The van der Waals surface area contributed by atoms with E-state index in [1.54, 1.807) is 0 Å². The van der Waals surface area contributed by atoms with E-state index in [2.05, 4.69) is 19.1 Å². The van der Waals surface area contributed by atoms with E-state index in [0.717, 1.165) is 32.1 Å². The van der Waals surface area contributed by atoms with E-state index >= 15 is 0 Å². The number of allylic oxidation sites excluding steroid dienone is 2. The molecule has 2 atom stereocenters. The molecule has 3 heteroatoms. The van der Waals surface area contributed by atoms with Gasteiger partial charge < -0.3 is 0 Å². The van der Waals surface area contributed by atoms with Gasteiger partial charge in [-0.05, 0) is 32.1 Å². The summed E-state index contributed by atoms with van der Waals surface area (Å²) in [7, 11) is 0. The molecule has 1 saturated carbocycles. The van der Waals surface area contributed by atoms with Gasteiger partial charge in [0, 0.05) is 17.8 Å². The molecule has 1 aliphatic carbocycles. The Balaban J connectivity index is 2.50. The van der Waals surface area contributed by atoms with Crippen molar-refractivity contribution < 1.29 is 4.92 Å². The van der Waals surface area contributed by atoms with E-state index in [4.69, 9.17) is 0 Å². The van der Waals surface area contributed by atoms with Crippen molar-refractivity contribution in [2.75, 3.05) is 0 Å². The Morgan fingerprint density at radius 2 is 1.63 bits per heavy atom. The molecule has 0 saturated heterocycles. The Morgan fingerprint density at radius 1 is 1.00 bits per heavy atom. The molecule has 0 spiro atoms. The predicted molar refractivity (Wildman–Crippen MR) is 79.9 cm³/mol. The van der Waals surface area contributed by atoms with Crippen molar-refractivity contribution in [2.45, 2.75) is 83.6 Å². The molecule has 1 aliphatic rings. The van der Waals surface area contributed by atoms with Crippen LogP contribution in [0, 0.1) is 16.0 Å². The molecule has 0 aliphatic heterocycles. The molecule has 0 aromatic carbocycles. The Hall–Kier alpha value is -0.860. The Labute approximate surface area is 117 Å². The highest BCUT2D eigenvalue weighted by Crippen LogP contribution is 2.24. The largest absolute Gasteiger partial charge is 0.264 e. The first-order valence-electron chi connectivity index (χ1n) is 7.98. The predicted octanol–water partition coefficient (Wildman–Crippen LogP) is 5.13. The van der Waals surface area contributed by atoms with Crippen molar-refractivity contribution in [1.29, 1.82) is 0 Å². The minimum atomic E-state index is -0.299. The molecule has 0 N–H and O–H groups in total. The van der Waals surface area contributed by atoms with E-state index < -0.39 is 0 Å². The maximum atomic E-state index is 11.1. The smallest absolute Gasteiger partial charge is 0.213 e. The first kappa shape index (κ1) is 16.2. The fraction of sp³-hybridized carbons (Fsp3) is 0.875. The van der Waals surface area contributed by atoms with Gasteiger partial charge in [0.05, 0.1) is 0 Å². The first-order chi connectivity index (χ1) is 9.24. The lowest BCUT2D eigenvalue weighted by Gasteiger charge is -2.18. The molecule has 0 amide bonds. The fourth-order valence-corrected chi connectivity index (χ4v) is 3.01. The molecule has 0 radical (unpaired) electrons. The van der Waals surface area contributed by atoms with Gasteiger partial charge in [-0.2, -0.15) is 0 Å². The van der Waals surface area contributed by atoms with Crippen molar-refractivity contribution in [1.82, 2.24) is 0 Å². The van der Waals surface area contributed by atoms with E-state index in [9.17, 15) is 10.1 Å². The zero-order valence-electron chi connectivity index (χ0n) is 12.4. The minimum absolute atomic E-state index is 0.0432. The summed E-state index contributed by atoms with van der Waals surface area (Å²) in [5.41, 5.74) is 0. The summed E-state index contributed by atoms with van der Waals surface area (Å²) in [6, 6.07) is -0.299. The third-order valence-electron chi connectivity index (χ3n) is 4.31. The van der Waals surface area contributed by atoms with E-state index in [1.165, 1.54) is 38.5 Å². The van der Waals surface area contributed by atoms with Gasteiger partial charge in [-0.25, -0.2) is 0 Å². The van der Waals surface area contributed by atoms with Gasteiger partial charge in [0.25, 0.3) is 0 Å². The SMILES string of the molecule is CC=CCC1CCCCCCCCC([N+](=O)[O-])CC1. The highest BCUT2D eigenvalue weighted by atomic mass is 16.6. The summed E-state index contributed by atoms with van der Waals surface area (Å²) in [6.07, 6.45) is 16.6. The number of nitro groups is 1. The molecule has 2 unspecified atom stereocenters. The van der Waals surface area contributed by atoms with Crippen molar-refractivity contribution in [3.05, 3.63) is 22.3 Å². The molecular formula is C16H29NO2. The Morgan fingerprint density at radius 3 is 2.26 bits per heavy atom. The minimum Gasteiger partial charge on any atom is -0.264 e. The molecule has 0 aromatic heterocycles. The van der Waals surface area contributed by atoms with Crippen LogP contribution in [0.1, 0.15) is 77.6 Å². The van der Waals surface area contributed by atoms with E-state index in [0.29, 0.717) is 5.92 Å². The summed E-state index contributed by atoms with van der Waals surface area (Å²) in [4.78, 5) is 11.0. The lowest BCUT2D eigenvalue weighted by Crippen LogP contribution is -2.20. The van der Waals surface area contributed by atoms with Crippen LogP contribution < -0.4 is 0 Å². The normalized spacial score (nSPS) is 27.6. The van der Waals surface area contributed by atoms with Gasteiger partial charge in [0.2, 0.25) is 6.04 Å². The average molecular weight is 267 g/mol. The molecule has 110 valence electrons. The Kier molecular flexibility index (Phi) is 8.52. The maximum absolute atomic E-state index is 11.1. The number of hydrogen-bond acceptors (Lipinski definition) is 2. The Bertz CT molecular complexity index is 276. The van der Waals surface area contributed by atoms with Crippen LogP contribution >= 0.6 is 0 Å². The molecule has 0 aromatic rings. The lowest BCUT2D eigenvalue weighted by molar-refractivity contribution is -0.524. The summed E-state index contributed by atoms with van der Waals surface area (Å²) in [6.45, 7) is 2.05. The summed E-state index contributed by atoms with van der Waals surface area (Å²) in [5, 5.41) is 11.1. The molecule has 19 heavy (non-hydrogen) atoms. The second kappa shape index (κ2) is 9.99. The third-order valence-corrected chi connectivity index (χ3v) is 4.31. The van der Waals surface area contributed by atoms with Crippen LogP contribution in [0.25, 0.3) is 0 Å². The molecule has 0 bridgehead atoms. The van der Waals surface area contributed by atoms with Crippen molar-refractivity contribution in [3.8, 4) is 0 Å². The van der Waals surface area contributed by atoms with E-state index in [1.807, 2.05) is 0 Å². The van der Waals surface area contributed by atoms with Gasteiger partial charge in [-0.3, -0.25) is 10.1 Å². The summed E-state index contributed by atoms with van der Waals surface area (Å²) >= 11 is 0. The molecule has 1 fully saturated rings. The molecule has 0 heterocycles. The van der Waals surface area contributed by atoms with Crippen molar-refractivity contribution in [2.24, 2.45) is 5.92 Å². The van der Waals surface area contributed by atoms with Crippen molar-refractivity contribution in [3.63, 3.8) is 0 Å². The lowest BCUT2D eigenvalue weighted by atomic mass is 9.89. The van der Waals surface area contributed by atoms with Gasteiger partial charge >= 0.3 is 0 Å². The van der Waals surface area contributed by atoms with Gasteiger partial charge in [-0.1, -0.05) is 50.7 Å². The van der Waals surface area contributed by atoms with Crippen LogP contribution in [-0.4, -0.2) is 11.0 Å². The second-order valence-electron chi connectivity index (χ2n) is 5.89. The fourth-order valence-electron chi connectivity index (χ4n) is 3.01. The van der Waals surface area contributed by atoms with E-state index in [-0.39, 0.29) is 11.0 Å². The quantitative estimate of drug-likeness (QED) is 0.404. The topological polar surface area (TPSA) is 43.1 Å². The monoisotopic (exact) mass is 267 g/mol. The van der Waals surface area contributed by atoms with Crippen LogP contribution in [0.2, 0.25) is 0 Å². The standard InChI is InChI=1S/C16H29NO2/c1-2-3-10-15-11-8-6-4-5-7-9-12-16(14-13-15)17(18)19/h2-3,15-16H,4-14H2,1H3. The zero-order chi connectivity index (χ0) is 13.9. The van der Waals surface area contributed by atoms with Crippen LogP contribution in [0.3, 0.4) is 0 Å². The maximum Gasteiger partial charge on any atom is 0.213 e. The summed E-state index contributed by atoms with van der Waals surface area (Å²) in [5.74, 6) is 0.651. The highest BCUT2D eigenvalue weighted by molar-refractivity contribution is 4.81. The molecular weight excluding hydrogens is 238 g/mol. The third kappa shape index (κ3) is 7.34. The van der Waals surface area contributed by atoms with Gasteiger partial charge in [-0.15, -0.1) is 0 Å². The van der Waals surface area contributed by atoms with Crippen molar-refractivity contribution >= 4 is 0 Å². The molecule has 3 nitrogen and oxygen atoms in total. The highest BCUT2D eigenvalue weighted by Gasteiger charge is 2.21. The van der Waals surface area contributed by atoms with Crippen LogP contribution in [0.15, 0.2) is 12.2 Å². The number of hydrogen-bond donors (Lipinski definition) is 0. The number of rotatable bonds is 3. The second-order valence-corrected chi connectivity index (χ2v) is 5.89. The van der Waals surface area contributed by atoms with Gasteiger partial charge in [0.15, 0.2) is 0 Å². The average Bonchev–Trinajstić information content (AvgIpc) is 2.38. The van der Waals surface area contributed by atoms with Crippen LogP contribution in [0.5, 0.6) is 0 Å². The first-order valence-corrected chi connectivity index (χ1v) is 7.98.